The van der Waals surface area contributed by atoms with Gasteiger partial charge in [0, 0.05) is 17.6 Å². The molecule has 4 nitrogen and oxygen atoms in total. The Balaban J connectivity index is 2.12. The number of hydrogen-bond acceptors (Lipinski definition) is 4. The monoisotopic (exact) mass is 253 g/mol. The van der Waals surface area contributed by atoms with E-state index in [2.05, 4.69) is 17.2 Å². The fourth-order valence-electron chi connectivity index (χ4n) is 2.29. The molecule has 1 fully saturated rings. The van der Waals surface area contributed by atoms with Gasteiger partial charge in [0.15, 0.2) is 0 Å². The van der Waals surface area contributed by atoms with Gasteiger partial charge in [0.05, 0.1) is 12.6 Å². The van der Waals surface area contributed by atoms with Crippen LogP contribution in [0.25, 0.3) is 0 Å². The smallest absolute Gasteiger partial charge is 0.240 e. The van der Waals surface area contributed by atoms with E-state index < -0.39 is 0 Å². The Bertz CT molecular complexity index is 366. The second-order valence-corrected chi connectivity index (χ2v) is 5.49. The summed E-state index contributed by atoms with van der Waals surface area (Å²) in [5.74, 6) is 0.215. The van der Waals surface area contributed by atoms with Crippen LogP contribution >= 0.6 is 11.3 Å². The summed E-state index contributed by atoms with van der Waals surface area (Å²) in [6, 6.07) is 0.282. The van der Waals surface area contributed by atoms with Crippen LogP contribution in [0.2, 0.25) is 0 Å². The Morgan fingerprint density at radius 3 is 3.06 bits per heavy atom. The highest BCUT2D eigenvalue weighted by molar-refractivity contribution is 7.09. The van der Waals surface area contributed by atoms with E-state index >= 15 is 0 Å². The summed E-state index contributed by atoms with van der Waals surface area (Å²) >= 11 is 1.61. The number of nitrogens with zero attached hydrogens (tertiary/aromatic N) is 2. The number of carbonyl (C=O) groups excluding carboxylic acids is 1. The van der Waals surface area contributed by atoms with Crippen LogP contribution in [-0.2, 0) is 11.3 Å². The number of nitrogens with one attached hydrogen (secondary N) is 1. The first-order chi connectivity index (χ1) is 8.22. The minimum atomic E-state index is -0.0279. The van der Waals surface area contributed by atoms with Gasteiger partial charge in [-0.15, -0.1) is 11.3 Å². The molecule has 2 unspecified atom stereocenters. The van der Waals surface area contributed by atoms with E-state index in [1.54, 1.807) is 17.5 Å². The van der Waals surface area contributed by atoms with Gasteiger partial charge >= 0.3 is 0 Å². The van der Waals surface area contributed by atoms with Crippen molar-refractivity contribution in [3.05, 3.63) is 16.6 Å². The summed E-state index contributed by atoms with van der Waals surface area (Å²) in [6.07, 6.45) is 4.92. The summed E-state index contributed by atoms with van der Waals surface area (Å²) in [4.78, 5) is 18.6. The molecule has 0 aliphatic carbocycles. The highest BCUT2D eigenvalue weighted by Crippen LogP contribution is 2.21. The molecular weight excluding hydrogens is 234 g/mol. The Labute approximate surface area is 106 Å². The van der Waals surface area contributed by atoms with Crippen molar-refractivity contribution < 1.29 is 4.79 Å². The van der Waals surface area contributed by atoms with E-state index in [0.29, 0.717) is 12.6 Å². The van der Waals surface area contributed by atoms with Crippen molar-refractivity contribution in [1.29, 1.82) is 0 Å². The van der Waals surface area contributed by atoms with Gasteiger partial charge in [-0.05, 0) is 33.2 Å². The van der Waals surface area contributed by atoms with Gasteiger partial charge in [0.25, 0.3) is 0 Å². The number of hydrogen-bond donors (Lipinski definition) is 1. The molecule has 1 amide bonds. The van der Waals surface area contributed by atoms with Crippen molar-refractivity contribution in [1.82, 2.24) is 15.2 Å². The zero-order chi connectivity index (χ0) is 12.3. The number of aromatic nitrogens is 1. The molecule has 0 radical (unpaired) electrons. The molecule has 0 spiro atoms. The molecule has 2 atom stereocenters. The molecular formula is C12H19N3OS. The predicted octanol–water partition coefficient (Wildman–Crippen LogP) is 1.63. The lowest BCUT2D eigenvalue weighted by atomic mass is 10.1. The van der Waals surface area contributed by atoms with Crippen LogP contribution in [0.3, 0.4) is 0 Å². The summed E-state index contributed by atoms with van der Waals surface area (Å²) in [7, 11) is 1.86. The minimum absolute atomic E-state index is 0.0279. The zero-order valence-electron chi connectivity index (χ0n) is 10.3. The normalized spacial score (nSPS) is 26.0. The topological polar surface area (TPSA) is 45.2 Å². The first-order valence-corrected chi connectivity index (χ1v) is 6.96. The number of rotatable bonds is 3. The van der Waals surface area contributed by atoms with Crippen LogP contribution in [-0.4, -0.2) is 34.9 Å². The highest BCUT2D eigenvalue weighted by Gasteiger charge is 2.30. The second-order valence-electron chi connectivity index (χ2n) is 4.51. The number of amides is 1. The lowest BCUT2D eigenvalue weighted by Gasteiger charge is -2.28. The average molecular weight is 253 g/mol. The van der Waals surface area contributed by atoms with Gasteiger partial charge in [0.1, 0.15) is 5.01 Å². The Hall–Kier alpha value is -0.940. The maximum atomic E-state index is 12.4. The van der Waals surface area contributed by atoms with E-state index in [9.17, 15) is 4.79 Å². The molecule has 1 saturated heterocycles. The molecule has 0 aromatic carbocycles. The largest absolute Gasteiger partial charge is 0.332 e. The first-order valence-electron chi connectivity index (χ1n) is 6.08. The Morgan fingerprint density at radius 1 is 1.59 bits per heavy atom. The molecule has 0 bridgehead atoms. The van der Waals surface area contributed by atoms with Gasteiger partial charge in [-0.2, -0.15) is 0 Å². The SMILES string of the molecule is CNC1CCCC(C)N(Cc2nccs2)C1=O. The number of likely N-dealkylation sites (tertiary alicyclic amines) is 1. The van der Waals surface area contributed by atoms with Crippen molar-refractivity contribution >= 4 is 17.2 Å². The number of thiazole rings is 1. The third-order valence-electron chi connectivity index (χ3n) is 3.37. The lowest BCUT2D eigenvalue weighted by Crippen LogP contribution is -2.46. The van der Waals surface area contributed by atoms with E-state index in [1.807, 2.05) is 17.3 Å². The standard InChI is InChI=1S/C12H19N3OS/c1-9-4-3-5-10(13-2)12(16)15(9)8-11-14-6-7-17-11/h6-7,9-10,13H,3-5,8H2,1-2H3. The van der Waals surface area contributed by atoms with Crippen LogP contribution in [0, 0.1) is 0 Å². The summed E-state index contributed by atoms with van der Waals surface area (Å²) in [6.45, 7) is 2.78. The summed E-state index contributed by atoms with van der Waals surface area (Å²) in [5.41, 5.74) is 0. The van der Waals surface area contributed by atoms with Gasteiger partial charge in [-0.1, -0.05) is 0 Å². The zero-order valence-corrected chi connectivity index (χ0v) is 11.2. The van der Waals surface area contributed by atoms with Crippen molar-refractivity contribution in [3.63, 3.8) is 0 Å². The van der Waals surface area contributed by atoms with Crippen LogP contribution in [0.4, 0.5) is 0 Å². The van der Waals surface area contributed by atoms with Crippen molar-refractivity contribution in [2.75, 3.05) is 7.05 Å². The maximum absolute atomic E-state index is 12.4. The van der Waals surface area contributed by atoms with Crippen molar-refractivity contribution in [3.8, 4) is 0 Å². The Morgan fingerprint density at radius 2 is 2.41 bits per heavy atom. The molecule has 2 heterocycles. The van der Waals surface area contributed by atoms with Crippen molar-refractivity contribution in [2.24, 2.45) is 0 Å². The molecule has 1 aliphatic heterocycles. The van der Waals surface area contributed by atoms with Crippen LogP contribution < -0.4 is 5.32 Å². The third-order valence-corrected chi connectivity index (χ3v) is 4.13. The number of carbonyl (C=O) groups is 1. The lowest BCUT2D eigenvalue weighted by molar-refractivity contribution is -0.135. The van der Waals surface area contributed by atoms with Gasteiger partial charge in [0.2, 0.25) is 5.91 Å². The average Bonchev–Trinajstić information content (AvgIpc) is 2.79. The number of likely N-dealkylation sites (N-methyl/N-ethyl adjacent to an activating group) is 1. The fraction of sp³-hybridized carbons (Fsp3) is 0.667. The second kappa shape index (κ2) is 5.60. The molecule has 2 rings (SSSR count). The molecule has 1 aliphatic rings. The van der Waals surface area contributed by atoms with E-state index in [0.717, 1.165) is 24.3 Å². The molecule has 5 heteroatoms. The highest BCUT2D eigenvalue weighted by atomic mass is 32.1. The predicted molar refractivity (Wildman–Crippen MR) is 68.8 cm³/mol. The summed E-state index contributed by atoms with van der Waals surface area (Å²) in [5, 5.41) is 6.09. The molecule has 1 aromatic heterocycles. The molecule has 1 aromatic rings. The van der Waals surface area contributed by atoms with Gasteiger partial charge in [-0.25, -0.2) is 4.98 Å². The van der Waals surface area contributed by atoms with E-state index in [4.69, 9.17) is 0 Å². The van der Waals surface area contributed by atoms with Gasteiger partial charge in [-0.3, -0.25) is 4.79 Å². The van der Waals surface area contributed by atoms with Crippen LogP contribution in [0.15, 0.2) is 11.6 Å². The summed E-state index contributed by atoms with van der Waals surface area (Å²) < 4.78 is 0. The Kier molecular flexibility index (Phi) is 4.12. The quantitative estimate of drug-likeness (QED) is 0.890. The minimum Gasteiger partial charge on any atom is -0.332 e. The molecule has 0 saturated carbocycles. The maximum Gasteiger partial charge on any atom is 0.240 e. The van der Waals surface area contributed by atoms with E-state index in [1.165, 1.54) is 0 Å². The fourth-order valence-corrected chi connectivity index (χ4v) is 2.91. The molecule has 17 heavy (non-hydrogen) atoms. The molecule has 94 valence electrons. The molecule has 1 N–H and O–H groups in total. The van der Waals surface area contributed by atoms with Crippen LogP contribution in [0.5, 0.6) is 0 Å². The van der Waals surface area contributed by atoms with Gasteiger partial charge < -0.3 is 10.2 Å². The first kappa shape index (κ1) is 12.5. The van der Waals surface area contributed by atoms with Crippen LogP contribution in [0.1, 0.15) is 31.2 Å². The van der Waals surface area contributed by atoms with E-state index in [-0.39, 0.29) is 11.9 Å². The van der Waals surface area contributed by atoms with Crippen molar-refractivity contribution in [2.45, 2.75) is 44.8 Å². The third kappa shape index (κ3) is 2.84.